The minimum Gasteiger partial charge on any atom is -0.265 e. The van der Waals surface area contributed by atoms with Crippen molar-refractivity contribution in [3.8, 4) is 0 Å². The molecule has 0 spiro atoms. The van der Waals surface area contributed by atoms with E-state index in [4.69, 9.17) is 0 Å². The van der Waals surface area contributed by atoms with Crippen LogP contribution in [0.1, 0.15) is 11.1 Å². The monoisotopic (exact) mass is 324 g/mol. The molecule has 3 aromatic rings. The molecule has 2 aromatic heterocycles. The highest BCUT2D eigenvalue weighted by Crippen LogP contribution is 2.24. The van der Waals surface area contributed by atoms with Gasteiger partial charge < -0.3 is 0 Å². The molecule has 2 nitrogen and oxygen atoms in total. The lowest BCUT2D eigenvalue weighted by Gasteiger charge is -2.05. The number of rotatable bonds is 6. The Kier molecular flexibility index (Phi) is 5.51. The van der Waals surface area contributed by atoms with Gasteiger partial charge in [-0.1, -0.05) is 24.3 Å². The van der Waals surface area contributed by atoms with Crippen LogP contribution in [0.25, 0.3) is 0 Å². The average molecular weight is 324 g/mol. The van der Waals surface area contributed by atoms with Gasteiger partial charge in [-0.2, -0.15) is 0 Å². The maximum Gasteiger partial charge on any atom is 0.0278 e. The highest BCUT2D eigenvalue weighted by molar-refractivity contribution is 7.98. The van der Waals surface area contributed by atoms with Gasteiger partial charge in [-0.05, 0) is 35.4 Å². The Labute approximate surface area is 139 Å². The summed E-state index contributed by atoms with van der Waals surface area (Å²) >= 11 is 3.67. The third-order valence-corrected chi connectivity index (χ3v) is 5.30. The molecule has 1 aromatic carbocycles. The third-order valence-electron chi connectivity index (χ3n) is 3.13. The van der Waals surface area contributed by atoms with E-state index in [-0.39, 0.29) is 0 Å². The second-order valence-corrected chi connectivity index (χ2v) is 6.86. The van der Waals surface area contributed by atoms with Crippen molar-refractivity contribution in [3.05, 3.63) is 84.4 Å². The summed E-state index contributed by atoms with van der Waals surface area (Å²) in [7, 11) is 0. The summed E-state index contributed by atoms with van der Waals surface area (Å²) in [5.74, 6) is 1.98. The zero-order valence-corrected chi connectivity index (χ0v) is 13.7. The third kappa shape index (κ3) is 4.61. The van der Waals surface area contributed by atoms with Crippen LogP contribution in [0.5, 0.6) is 0 Å². The summed E-state index contributed by atoms with van der Waals surface area (Å²) in [6.45, 7) is 0. The summed E-state index contributed by atoms with van der Waals surface area (Å²) in [6, 6.07) is 17.1. The van der Waals surface area contributed by atoms with E-state index in [0.29, 0.717) is 0 Å². The van der Waals surface area contributed by atoms with E-state index in [0.717, 1.165) is 11.5 Å². The van der Waals surface area contributed by atoms with Crippen molar-refractivity contribution in [1.82, 2.24) is 9.97 Å². The number of hydrogen-bond donors (Lipinski definition) is 0. The van der Waals surface area contributed by atoms with E-state index in [1.807, 2.05) is 72.6 Å². The molecule has 110 valence electrons. The fourth-order valence-corrected chi connectivity index (χ4v) is 3.61. The highest BCUT2D eigenvalue weighted by Gasteiger charge is 1.99. The van der Waals surface area contributed by atoms with Gasteiger partial charge in [0.1, 0.15) is 0 Å². The van der Waals surface area contributed by atoms with Gasteiger partial charge >= 0.3 is 0 Å². The zero-order chi connectivity index (χ0) is 15.0. The fraction of sp³-hybridized carbons (Fsp3) is 0.111. The number of thioether (sulfide) groups is 2. The van der Waals surface area contributed by atoms with Gasteiger partial charge in [-0.3, -0.25) is 9.97 Å². The van der Waals surface area contributed by atoms with Crippen LogP contribution in [0, 0.1) is 0 Å². The molecule has 0 aliphatic carbocycles. The Morgan fingerprint density at radius 3 is 1.27 bits per heavy atom. The topological polar surface area (TPSA) is 25.8 Å². The van der Waals surface area contributed by atoms with Crippen molar-refractivity contribution in [2.75, 3.05) is 0 Å². The van der Waals surface area contributed by atoms with E-state index < -0.39 is 0 Å². The molecule has 0 radical (unpaired) electrons. The fourth-order valence-electron chi connectivity index (χ4n) is 1.93. The van der Waals surface area contributed by atoms with Crippen LogP contribution in [0.4, 0.5) is 0 Å². The first kappa shape index (κ1) is 15.1. The van der Waals surface area contributed by atoms with Gasteiger partial charge in [0.15, 0.2) is 0 Å². The molecule has 0 atom stereocenters. The molecular formula is C18H16N2S2. The zero-order valence-electron chi connectivity index (χ0n) is 12.1. The Bertz CT molecular complexity index is 623. The minimum absolute atomic E-state index is 0.988. The Morgan fingerprint density at radius 2 is 0.909 bits per heavy atom. The molecule has 2 heterocycles. The Balaban J connectivity index is 1.52. The van der Waals surface area contributed by atoms with Crippen molar-refractivity contribution in [1.29, 1.82) is 0 Å². The summed E-state index contributed by atoms with van der Waals surface area (Å²) in [6.07, 6.45) is 7.34. The Morgan fingerprint density at radius 1 is 0.545 bits per heavy atom. The molecule has 0 fully saturated rings. The molecule has 3 rings (SSSR count). The van der Waals surface area contributed by atoms with Gasteiger partial charge in [0.2, 0.25) is 0 Å². The number of benzene rings is 1. The molecule has 4 heteroatoms. The average Bonchev–Trinajstić information content (AvgIpc) is 2.61. The van der Waals surface area contributed by atoms with Crippen LogP contribution in [0.15, 0.2) is 83.1 Å². The number of nitrogens with zero attached hydrogens (tertiary/aromatic N) is 2. The molecule has 0 bridgehead atoms. The first-order chi connectivity index (χ1) is 10.9. The Hall–Kier alpha value is -1.78. The molecule has 22 heavy (non-hydrogen) atoms. The van der Waals surface area contributed by atoms with Gasteiger partial charge in [-0.15, -0.1) is 23.5 Å². The van der Waals surface area contributed by atoms with E-state index in [1.165, 1.54) is 20.9 Å². The molecule has 0 amide bonds. The second kappa shape index (κ2) is 8.01. The molecule has 0 aliphatic rings. The van der Waals surface area contributed by atoms with Crippen LogP contribution >= 0.6 is 23.5 Å². The van der Waals surface area contributed by atoms with Crippen molar-refractivity contribution in [2.45, 2.75) is 21.3 Å². The minimum atomic E-state index is 0.988. The maximum absolute atomic E-state index is 4.04. The van der Waals surface area contributed by atoms with Gasteiger partial charge in [0.25, 0.3) is 0 Å². The first-order valence-corrected chi connectivity index (χ1v) is 9.01. The predicted molar refractivity (Wildman–Crippen MR) is 94.0 cm³/mol. The van der Waals surface area contributed by atoms with E-state index in [9.17, 15) is 0 Å². The van der Waals surface area contributed by atoms with Crippen molar-refractivity contribution in [3.63, 3.8) is 0 Å². The normalized spacial score (nSPS) is 10.5. The van der Waals surface area contributed by atoms with Gasteiger partial charge in [-0.25, -0.2) is 0 Å². The number of pyridine rings is 2. The van der Waals surface area contributed by atoms with Gasteiger partial charge in [0, 0.05) is 46.1 Å². The SMILES string of the molecule is c1cc(SCc2ccc(CSc3ccncc3)cc2)ccn1. The largest absolute Gasteiger partial charge is 0.265 e. The smallest absolute Gasteiger partial charge is 0.0278 e. The molecule has 0 N–H and O–H groups in total. The molecule has 0 unspecified atom stereocenters. The molecule has 0 saturated carbocycles. The number of hydrogen-bond acceptors (Lipinski definition) is 4. The van der Waals surface area contributed by atoms with E-state index in [1.54, 1.807) is 0 Å². The predicted octanol–water partition coefficient (Wildman–Crippen LogP) is 5.06. The lowest BCUT2D eigenvalue weighted by molar-refractivity contribution is 1.25. The maximum atomic E-state index is 4.04. The molecular weight excluding hydrogens is 308 g/mol. The van der Waals surface area contributed by atoms with Crippen molar-refractivity contribution < 1.29 is 0 Å². The van der Waals surface area contributed by atoms with Crippen LogP contribution < -0.4 is 0 Å². The summed E-state index contributed by atoms with van der Waals surface area (Å²) in [4.78, 5) is 10.6. The standard InChI is InChI=1S/C18H16N2S2/c1-2-16(14-22-18-7-11-20-12-8-18)4-3-15(1)13-21-17-5-9-19-10-6-17/h1-12H,13-14H2. The summed E-state index contributed by atoms with van der Waals surface area (Å²) in [5.41, 5.74) is 2.69. The quantitative estimate of drug-likeness (QED) is 0.592. The number of aromatic nitrogens is 2. The molecule has 0 saturated heterocycles. The molecule has 0 aliphatic heterocycles. The first-order valence-electron chi connectivity index (χ1n) is 7.03. The van der Waals surface area contributed by atoms with E-state index in [2.05, 4.69) is 34.2 Å². The van der Waals surface area contributed by atoms with Crippen LogP contribution in [-0.4, -0.2) is 9.97 Å². The van der Waals surface area contributed by atoms with Crippen LogP contribution in [0.3, 0.4) is 0 Å². The summed E-state index contributed by atoms with van der Waals surface area (Å²) < 4.78 is 0. The lowest BCUT2D eigenvalue weighted by Crippen LogP contribution is -1.85. The summed E-state index contributed by atoms with van der Waals surface area (Å²) in [5, 5.41) is 0. The lowest BCUT2D eigenvalue weighted by atomic mass is 10.2. The second-order valence-electron chi connectivity index (χ2n) is 4.76. The van der Waals surface area contributed by atoms with Crippen molar-refractivity contribution in [2.24, 2.45) is 0 Å². The van der Waals surface area contributed by atoms with Gasteiger partial charge in [0.05, 0.1) is 0 Å². The van der Waals surface area contributed by atoms with Crippen LogP contribution in [0.2, 0.25) is 0 Å². The highest BCUT2D eigenvalue weighted by atomic mass is 32.2. The van der Waals surface area contributed by atoms with Crippen molar-refractivity contribution >= 4 is 23.5 Å². The van der Waals surface area contributed by atoms with E-state index >= 15 is 0 Å². The van der Waals surface area contributed by atoms with Crippen LogP contribution in [-0.2, 0) is 11.5 Å².